The van der Waals surface area contributed by atoms with Gasteiger partial charge in [-0.2, -0.15) is 5.10 Å². The zero-order valence-corrected chi connectivity index (χ0v) is 21.8. The van der Waals surface area contributed by atoms with Gasteiger partial charge in [-0.05, 0) is 38.5 Å². The summed E-state index contributed by atoms with van der Waals surface area (Å²) in [6.07, 6.45) is 6.49. The van der Waals surface area contributed by atoms with E-state index in [4.69, 9.17) is 19.2 Å². The highest BCUT2D eigenvalue weighted by molar-refractivity contribution is 5.82. The lowest BCUT2D eigenvalue weighted by atomic mass is 10.1. The molecule has 2 aromatic carbocycles. The number of methoxy groups -OCH3 is 3. The van der Waals surface area contributed by atoms with Crippen molar-refractivity contribution >= 4 is 22.4 Å². The molecule has 0 bridgehead atoms. The molecule has 2 aromatic heterocycles. The first-order chi connectivity index (χ1) is 17.5. The zero-order valence-electron chi connectivity index (χ0n) is 21.8. The van der Waals surface area contributed by atoms with E-state index in [1.54, 1.807) is 27.5 Å². The van der Waals surface area contributed by atoms with Gasteiger partial charge in [-0.15, -0.1) is 13.2 Å². The third-order valence-corrected chi connectivity index (χ3v) is 5.64. The average Bonchev–Trinajstić information content (AvgIpc) is 3.42. The fourth-order valence-corrected chi connectivity index (χ4v) is 3.78. The average molecular weight is 490 g/mol. The fourth-order valence-electron chi connectivity index (χ4n) is 3.78. The number of ether oxygens (including phenoxy) is 3. The number of hydrogen-bond acceptors (Lipinski definition) is 7. The van der Waals surface area contributed by atoms with Crippen molar-refractivity contribution in [1.29, 1.82) is 0 Å². The Balaban J connectivity index is 0.00000176. The van der Waals surface area contributed by atoms with Crippen molar-refractivity contribution in [3.63, 3.8) is 0 Å². The van der Waals surface area contributed by atoms with Crippen LogP contribution in [0.4, 0.5) is 11.4 Å². The van der Waals surface area contributed by atoms with E-state index in [-0.39, 0.29) is 6.04 Å². The van der Waals surface area contributed by atoms with Gasteiger partial charge >= 0.3 is 0 Å². The second kappa shape index (κ2) is 12.7. The molecule has 2 heterocycles. The standard InChI is InChI=1S/C26H31N5O3.C2H4/c1-18(2)31-17-19(15-28-31)26-16-27-24-8-7-20(13-25(24)29-26)30(9-6-10-32-3)21-11-22(33-4)14-23(12-21)34-5;1-2/h7-8,11-18H,6,9-10H2,1-5H3;1-2H2. The monoisotopic (exact) mass is 489 g/mol. The SMILES string of the molecule is C=C.COCCCN(c1cc(OC)cc(OC)c1)c1ccc2ncc(-c3cnn(C(C)C)c3)nc2c1. The highest BCUT2D eigenvalue weighted by Crippen LogP contribution is 2.34. The van der Waals surface area contributed by atoms with E-state index in [1.165, 1.54) is 0 Å². The number of hydrogen-bond donors (Lipinski definition) is 0. The van der Waals surface area contributed by atoms with E-state index in [0.29, 0.717) is 6.61 Å². The minimum absolute atomic E-state index is 0.286. The lowest BCUT2D eigenvalue weighted by Crippen LogP contribution is -2.20. The van der Waals surface area contributed by atoms with Gasteiger partial charge in [0.25, 0.3) is 0 Å². The Morgan fingerprint density at radius 3 is 2.25 bits per heavy atom. The molecule has 0 saturated carbocycles. The van der Waals surface area contributed by atoms with Gasteiger partial charge in [0.15, 0.2) is 0 Å². The van der Waals surface area contributed by atoms with Gasteiger partial charge in [-0.25, -0.2) is 4.98 Å². The zero-order chi connectivity index (χ0) is 26.1. The van der Waals surface area contributed by atoms with Gasteiger partial charge in [0.05, 0.1) is 43.3 Å². The summed E-state index contributed by atoms with van der Waals surface area (Å²) in [5.74, 6) is 1.47. The molecule has 0 fully saturated rings. The topological polar surface area (TPSA) is 74.5 Å². The van der Waals surface area contributed by atoms with Gasteiger partial charge in [0.2, 0.25) is 0 Å². The van der Waals surface area contributed by atoms with E-state index in [9.17, 15) is 0 Å². The van der Waals surface area contributed by atoms with Gasteiger partial charge in [0, 0.05) is 67.6 Å². The predicted molar refractivity (Wildman–Crippen MR) is 145 cm³/mol. The molecule has 0 aliphatic carbocycles. The van der Waals surface area contributed by atoms with Crippen LogP contribution in [0.25, 0.3) is 22.3 Å². The molecule has 0 radical (unpaired) electrons. The minimum Gasteiger partial charge on any atom is -0.497 e. The third kappa shape index (κ3) is 6.20. The van der Waals surface area contributed by atoms with Gasteiger partial charge in [-0.3, -0.25) is 9.67 Å². The Hall–Kier alpha value is -3.91. The summed E-state index contributed by atoms with van der Waals surface area (Å²) in [7, 11) is 5.03. The van der Waals surface area contributed by atoms with Crippen molar-refractivity contribution in [2.24, 2.45) is 0 Å². The van der Waals surface area contributed by atoms with E-state index in [2.05, 4.69) is 54.1 Å². The highest BCUT2D eigenvalue weighted by atomic mass is 16.5. The van der Waals surface area contributed by atoms with Crippen molar-refractivity contribution in [1.82, 2.24) is 19.7 Å². The van der Waals surface area contributed by atoms with Crippen LogP contribution in [0.5, 0.6) is 11.5 Å². The van der Waals surface area contributed by atoms with Crippen LogP contribution >= 0.6 is 0 Å². The Labute approximate surface area is 213 Å². The first-order valence-corrected chi connectivity index (χ1v) is 11.8. The van der Waals surface area contributed by atoms with Crippen LogP contribution in [-0.4, -0.2) is 54.2 Å². The summed E-state index contributed by atoms with van der Waals surface area (Å²) in [4.78, 5) is 11.8. The van der Waals surface area contributed by atoms with Crippen molar-refractivity contribution in [3.05, 3.63) is 68.1 Å². The summed E-state index contributed by atoms with van der Waals surface area (Å²) < 4.78 is 18.2. The largest absolute Gasteiger partial charge is 0.497 e. The van der Waals surface area contributed by atoms with Crippen LogP contribution in [0, 0.1) is 0 Å². The number of anilines is 2. The molecule has 0 unspecified atom stereocenters. The molecule has 0 aliphatic rings. The van der Waals surface area contributed by atoms with Gasteiger partial charge < -0.3 is 19.1 Å². The molecule has 0 atom stereocenters. The van der Waals surface area contributed by atoms with Crippen LogP contribution < -0.4 is 14.4 Å². The lowest BCUT2D eigenvalue weighted by Gasteiger charge is -2.26. The summed E-state index contributed by atoms with van der Waals surface area (Å²) in [5, 5.41) is 4.44. The van der Waals surface area contributed by atoms with E-state index >= 15 is 0 Å². The number of aromatic nitrogens is 4. The molecule has 190 valence electrons. The Morgan fingerprint density at radius 2 is 1.64 bits per heavy atom. The van der Waals surface area contributed by atoms with Crippen molar-refractivity contribution < 1.29 is 14.2 Å². The molecular formula is C28H35N5O3. The second-order valence-electron chi connectivity index (χ2n) is 8.30. The maximum absolute atomic E-state index is 5.50. The van der Waals surface area contributed by atoms with Crippen molar-refractivity contribution in [2.75, 3.05) is 39.4 Å². The number of nitrogens with zero attached hydrogens (tertiary/aromatic N) is 5. The Kier molecular flexibility index (Phi) is 9.41. The van der Waals surface area contributed by atoms with Crippen LogP contribution in [0.2, 0.25) is 0 Å². The first kappa shape index (κ1) is 26.7. The maximum Gasteiger partial charge on any atom is 0.124 e. The number of benzene rings is 2. The Bertz CT molecular complexity index is 1250. The van der Waals surface area contributed by atoms with Gasteiger partial charge in [0.1, 0.15) is 11.5 Å². The maximum atomic E-state index is 5.50. The van der Waals surface area contributed by atoms with Crippen molar-refractivity contribution in [3.8, 4) is 22.8 Å². The molecule has 0 amide bonds. The quantitative estimate of drug-likeness (QED) is 0.198. The summed E-state index contributed by atoms with van der Waals surface area (Å²) in [6.45, 7) is 11.6. The van der Waals surface area contributed by atoms with E-state index in [1.807, 2.05) is 41.3 Å². The first-order valence-electron chi connectivity index (χ1n) is 11.8. The molecule has 0 N–H and O–H groups in total. The molecule has 4 aromatic rings. The molecule has 0 spiro atoms. The molecular weight excluding hydrogens is 454 g/mol. The number of fused-ring (bicyclic) bond motifs is 1. The third-order valence-electron chi connectivity index (χ3n) is 5.64. The van der Waals surface area contributed by atoms with Crippen molar-refractivity contribution in [2.45, 2.75) is 26.3 Å². The van der Waals surface area contributed by atoms with E-state index in [0.717, 1.165) is 58.1 Å². The Morgan fingerprint density at radius 1 is 0.917 bits per heavy atom. The van der Waals surface area contributed by atoms with E-state index < -0.39 is 0 Å². The molecule has 0 aliphatic heterocycles. The summed E-state index contributed by atoms with van der Waals surface area (Å²) >= 11 is 0. The van der Waals surface area contributed by atoms with Crippen LogP contribution in [0.3, 0.4) is 0 Å². The summed E-state index contributed by atoms with van der Waals surface area (Å²) in [5.41, 5.74) is 5.37. The molecule has 0 saturated heterocycles. The second-order valence-corrected chi connectivity index (χ2v) is 8.30. The van der Waals surface area contributed by atoms with Crippen LogP contribution in [0.15, 0.2) is 68.1 Å². The fraction of sp³-hybridized carbons (Fsp3) is 0.321. The molecule has 8 nitrogen and oxygen atoms in total. The smallest absolute Gasteiger partial charge is 0.124 e. The van der Waals surface area contributed by atoms with Crippen LogP contribution in [-0.2, 0) is 4.74 Å². The number of rotatable bonds is 10. The molecule has 4 rings (SSSR count). The predicted octanol–water partition coefficient (Wildman–Crippen LogP) is 6.07. The molecule has 36 heavy (non-hydrogen) atoms. The van der Waals surface area contributed by atoms with Gasteiger partial charge in [-0.1, -0.05) is 0 Å². The molecule has 8 heteroatoms. The minimum atomic E-state index is 0.286. The summed E-state index contributed by atoms with van der Waals surface area (Å²) in [6, 6.07) is 12.3. The lowest BCUT2D eigenvalue weighted by molar-refractivity contribution is 0.196. The highest BCUT2D eigenvalue weighted by Gasteiger charge is 2.15. The normalized spacial score (nSPS) is 10.7. The van der Waals surface area contributed by atoms with Crippen LogP contribution in [0.1, 0.15) is 26.3 Å².